The summed E-state index contributed by atoms with van der Waals surface area (Å²) in [6.45, 7) is 6.46. The Balaban J connectivity index is 0.00000192. The average molecular weight is 381 g/mol. The molecule has 4 nitrogen and oxygen atoms in total. The highest BCUT2D eigenvalue weighted by Gasteiger charge is 2.40. The fraction of sp³-hybridized carbons (Fsp3) is 0.500. The number of aromatic nitrogens is 2. The molecular weight excluding hydrogens is 356 g/mol. The Bertz CT molecular complexity index is 574. The second-order valence-electron chi connectivity index (χ2n) is 6.87. The van der Waals surface area contributed by atoms with E-state index >= 15 is 0 Å². The molecule has 1 aliphatic rings. The fourth-order valence-corrected chi connectivity index (χ4v) is 2.69. The zero-order valence-electron chi connectivity index (χ0n) is 13.8. The van der Waals surface area contributed by atoms with Crippen molar-refractivity contribution in [3.63, 3.8) is 0 Å². The zero-order chi connectivity index (χ0) is 15.5. The van der Waals surface area contributed by atoms with E-state index < -0.39 is 5.79 Å². The molecular formula is C18H25BrN2O2. The van der Waals surface area contributed by atoms with Gasteiger partial charge in [-0.1, -0.05) is 44.2 Å². The third-order valence-electron chi connectivity index (χ3n) is 4.07. The number of rotatable bonds is 5. The first-order chi connectivity index (χ1) is 10.6. The van der Waals surface area contributed by atoms with E-state index in [0.717, 1.165) is 26.1 Å². The molecule has 0 amide bonds. The standard InChI is InChI=1S/C18H24N2O2.BrH/c1-17(2)13-21-18(22-14-17,12-20-11-10-19-15-20)9-8-16-6-4-3-5-7-16;/h3-7,10-11,15H,8-9,12-14H2,1-2H3;1H. The summed E-state index contributed by atoms with van der Waals surface area (Å²) in [4.78, 5) is 4.12. The summed E-state index contributed by atoms with van der Waals surface area (Å²) < 4.78 is 14.4. The van der Waals surface area contributed by atoms with Crippen LogP contribution >= 0.6 is 17.0 Å². The van der Waals surface area contributed by atoms with Crippen molar-refractivity contribution in [2.45, 2.75) is 39.0 Å². The molecule has 1 saturated heterocycles. The molecule has 0 radical (unpaired) electrons. The number of hydrogen-bond donors (Lipinski definition) is 0. The molecule has 0 N–H and O–H groups in total. The fourth-order valence-electron chi connectivity index (χ4n) is 2.69. The molecule has 2 aromatic rings. The first-order valence-corrected chi connectivity index (χ1v) is 7.85. The smallest absolute Gasteiger partial charge is 0.186 e. The van der Waals surface area contributed by atoms with E-state index in [0.29, 0.717) is 6.54 Å². The van der Waals surface area contributed by atoms with Gasteiger partial charge >= 0.3 is 0 Å². The molecule has 0 unspecified atom stereocenters. The highest BCUT2D eigenvalue weighted by atomic mass is 79.9. The molecule has 0 aliphatic carbocycles. The molecule has 2 heterocycles. The SMILES string of the molecule is Br.CC1(C)COC(CCc2ccccc2)(Cn2ccnc2)OC1. The van der Waals surface area contributed by atoms with E-state index in [4.69, 9.17) is 9.47 Å². The Morgan fingerprint density at radius 2 is 1.83 bits per heavy atom. The highest BCUT2D eigenvalue weighted by Crippen LogP contribution is 2.33. The van der Waals surface area contributed by atoms with Gasteiger partial charge in [0, 0.05) is 24.2 Å². The van der Waals surface area contributed by atoms with Crippen molar-refractivity contribution in [1.29, 1.82) is 0 Å². The predicted octanol–water partition coefficient (Wildman–Crippen LogP) is 3.86. The van der Waals surface area contributed by atoms with Crippen LogP contribution in [-0.4, -0.2) is 28.6 Å². The zero-order valence-corrected chi connectivity index (χ0v) is 15.5. The molecule has 0 bridgehead atoms. The molecule has 1 aliphatic heterocycles. The third-order valence-corrected chi connectivity index (χ3v) is 4.07. The van der Waals surface area contributed by atoms with E-state index in [2.05, 4.69) is 43.1 Å². The van der Waals surface area contributed by atoms with Crippen LogP contribution in [0.4, 0.5) is 0 Å². The van der Waals surface area contributed by atoms with Gasteiger partial charge in [0.15, 0.2) is 5.79 Å². The Hall–Kier alpha value is -1.17. The van der Waals surface area contributed by atoms with Crippen molar-refractivity contribution in [2.24, 2.45) is 5.41 Å². The van der Waals surface area contributed by atoms with Crippen molar-refractivity contribution < 1.29 is 9.47 Å². The van der Waals surface area contributed by atoms with Crippen molar-refractivity contribution in [2.75, 3.05) is 13.2 Å². The summed E-state index contributed by atoms with van der Waals surface area (Å²) >= 11 is 0. The van der Waals surface area contributed by atoms with Gasteiger partial charge in [0.2, 0.25) is 0 Å². The van der Waals surface area contributed by atoms with Crippen LogP contribution in [0.2, 0.25) is 0 Å². The lowest BCUT2D eigenvalue weighted by Gasteiger charge is -2.43. The van der Waals surface area contributed by atoms with Gasteiger partial charge in [0.05, 0.1) is 26.1 Å². The average Bonchev–Trinajstić information content (AvgIpc) is 3.02. The number of nitrogens with zero attached hydrogens (tertiary/aromatic N) is 2. The minimum atomic E-state index is -0.563. The monoisotopic (exact) mass is 380 g/mol. The van der Waals surface area contributed by atoms with Crippen molar-refractivity contribution in [1.82, 2.24) is 9.55 Å². The maximum atomic E-state index is 6.21. The molecule has 1 fully saturated rings. The molecule has 1 aromatic carbocycles. The Morgan fingerprint density at radius 3 is 2.43 bits per heavy atom. The topological polar surface area (TPSA) is 36.3 Å². The summed E-state index contributed by atoms with van der Waals surface area (Å²) in [5, 5.41) is 0. The van der Waals surface area contributed by atoms with E-state index in [-0.39, 0.29) is 22.4 Å². The van der Waals surface area contributed by atoms with Gasteiger partial charge in [0.1, 0.15) is 0 Å². The number of benzene rings is 1. The summed E-state index contributed by atoms with van der Waals surface area (Å²) in [6.07, 6.45) is 7.34. The minimum absolute atomic E-state index is 0. The number of imidazole rings is 1. The van der Waals surface area contributed by atoms with Crippen LogP contribution in [0.3, 0.4) is 0 Å². The lowest BCUT2D eigenvalue weighted by Crippen LogP contribution is -2.50. The van der Waals surface area contributed by atoms with Crippen molar-refractivity contribution >= 4 is 17.0 Å². The third kappa shape index (κ3) is 4.90. The Kier molecular flexibility index (Phi) is 6.00. The van der Waals surface area contributed by atoms with Crippen LogP contribution in [0.25, 0.3) is 0 Å². The molecule has 126 valence electrons. The number of ether oxygens (including phenoxy) is 2. The number of halogens is 1. The maximum absolute atomic E-state index is 6.21. The summed E-state index contributed by atoms with van der Waals surface area (Å²) in [5.41, 5.74) is 1.38. The minimum Gasteiger partial charge on any atom is -0.348 e. The molecule has 3 rings (SSSR count). The first-order valence-electron chi connectivity index (χ1n) is 7.85. The quantitative estimate of drug-likeness (QED) is 0.789. The largest absolute Gasteiger partial charge is 0.348 e. The van der Waals surface area contributed by atoms with Gasteiger partial charge in [-0.15, -0.1) is 17.0 Å². The summed E-state index contributed by atoms with van der Waals surface area (Å²) in [7, 11) is 0. The van der Waals surface area contributed by atoms with Crippen LogP contribution in [0.1, 0.15) is 25.8 Å². The van der Waals surface area contributed by atoms with Crippen LogP contribution in [0.5, 0.6) is 0 Å². The predicted molar refractivity (Wildman–Crippen MR) is 95.7 cm³/mol. The van der Waals surface area contributed by atoms with E-state index in [1.165, 1.54) is 5.56 Å². The van der Waals surface area contributed by atoms with Gasteiger partial charge < -0.3 is 14.0 Å². The summed E-state index contributed by atoms with van der Waals surface area (Å²) in [6, 6.07) is 10.5. The van der Waals surface area contributed by atoms with Crippen LogP contribution in [-0.2, 0) is 22.4 Å². The lowest BCUT2D eigenvalue weighted by molar-refractivity contribution is -0.307. The Labute approximate surface area is 148 Å². The number of aryl methyl sites for hydroxylation is 1. The Morgan fingerprint density at radius 1 is 1.13 bits per heavy atom. The van der Waals surface area contributed by atoms with Crippen LogP contribution in [0, 0.1) is 5.41 Å². The van der Waals surface area contributed by atoms with E-state index in [1.54, 1.807) is 6.20 Å². The molecule has 0 atom stereocenters. The van der Waals surface area contributed by atoms with Gasteiger partial charge in [-0.25, -0.2) is 4.98 Å². The van der Waals surface area contributed by atoms with Gasteiger partial charge in [-0.3, -0.25) is 0 Å². The lowest BCUT2D eigenvalue weighted by atomic mass is 9.93. The molecule has 23 heavy (non-hydrogen) atoms. The van der Waals surface area contributed by atoms with Gasteiger partial charge in [0.25, 0.3) is 0 Å². The van der Waals surface area contributed by atoms with Gasteiger partial charge in [-0.05, 0) is 12.0 Å². The molecule has 5 heteroatoms. The maximum Gasteiger partial charge on any atom is 0.186 e. The molecule has 0 saturated carbocycles. The second-order valence-corrected chi connectivity index (χ2v) is 6.87. The van der Waals surface area contributed by atoms with E-state index in [9.17, 15) is 0 Å². The van der Waals surface area contributed by atoms with Gasteiger partial charge in [-0.2, -0.15) is 0 Å². The molecule has 0 spiro atoms. The first kappa shape index (κ1) is 18.2. The second kappa shape index (κ2) is 7.60. The van der Waals surface area contributed by atoms with Crippen LogP contribution < -0.4 is 0 Å². The normalized spacial score (nSPS) is 19.0. The molecule has 1 aromatic heterocycles. The van der Waals surface area contributed by atoms with E-state index in [1.807, 2.05) is 23.2 Å². The van der Waals surface area contributed by atoms with Crippen LogP contribution in [0.15, 0.2) is 49.1 Å². The van der Waals surface area contributed by atoms with Crippen molar-refractivity contribution in [3.8, 4) is 0 Å². The van der Waals surface area contributed by atoms with Crippen molar-refractivity contribution in [3.05, 3.63) is 54.6 Å². The number of hydrogen-bond acceptors (Lipinski definition) is 3. The highest BCUT2D eigenvalue weighted by molar-refractivity contribution is 8.93. The summed E-state index contributed by atoms with van der Waals surface area (Å²) in [5.74, 6) is -0.563.